The molecule has 6 nitrogen and oxygen atoms in total. The summed E-state index contributed by atoms with van der Waals surface area (Å²) < 4.78 is 5.28. The molecule has 136 valence electrons. The molecule has 1 atom stereocenters. The highest BCUT2D eigenvalue weighted by atomic mass is 16.5. The van der Waals surface area contributed by atoms with Crippen LogP contribution in [0.3, 0.4) is 0 Å². The number of para-hydroxylation sites is 1. The summed E-state index contributed by atoms with van der Waals surface area (Å²) in [5, 5.41) is 9.27. The molecule has 1 fully saturated rings. The van der Waals surface area contributed by atoms with E-state index < -0.39 is 12.1 Å². The van der Waals surface area contributed by atoms with Crippen LogP contribution >= 0.6 is 0 Å². The van der Waals surface area contributed by atoms with Crippen LogP contribution in [0.4, 0.5) is 5.69 Å². The minimum atomic E-state index is -0.848. The molecular weight excluding hydrogens is 332 g/mol. The van der Waals surface area contributed by atoms with Gasteiger partial charge in [0.2, 0.25) is 0 Å². The average Bonchev–Trinajstić information content (AvgIpc) is 2.68. The molecule has 2 aromatic carbocycles. The van der Waals surface area contributed by atoms with Crippen molar-refractivity contribution in [3.8, 4) is 5.75 Å². The van der Waals surface area contributed by atoms with E-state index in [2.05, 4.69) is 17.0 Å². The van der Waals surface area contributed by atoms with Gasteiger partial charge in [0.05, 0.1) is 5.56 Å². The maximum atomic E-state index is 12.6. The zero-order valence-electron chi connectivity index (χ0n) is 14.7. The molecule has 1 unspecified atom stereocenters. The van der Waals surface area contributed by atoms with Crippen LogP contribution in [-0.2, 0) is 9.53 Å². The smallest absolute Gasteiger partial charge is 0.338 e. The summed E-state index contributed by atoms with van der Waals surface area (Å²) in [6.45, 7) is 4.26. The molecule has 0 bridgehead atoms. The molecule has 0 aromatic heterocycles. The number of carbonyl (C=O) groups excluding carboxylic acids is 2. The van der Waals surface area contributed by atoms with Gasteiger partial charge in [-0.05, 0) is 43.3 Å². The first kappa shape index (κ1) is 17.8. The lowest BCUT2D eigenvalue weighted by Crippen LogP contribution is -2.51. The molecule has 6 heteroatoms. The highest BCUT2D eigenvalue weighted by molar-refractivity contribution is 5.92. The molecule has 1 saturated heterocycles. The molecule has 0 radical (unpaired) electrons. The maximum Gasteiger partial charge on any atom is 0.338 e. The Morgan fingerprint density at radius 1 is 0.962 bits per heavy atom. The van der Waals surface area contributed by atoms with E-state index >= 15 is 0 Å². The number of nitrogens with zero attached hydrogens (tertiary/aromatic N) is 2. The molecule has 1 N–H and O–H groups in total. The minimum absolute atomic E-state index is 0.0713. The first-order chi connectivity index (χ1) is 12.5. The molecule has 1 aliphatic heterocycles. The third kappa shape index (κ3) is 4.14. The normalized spacial score (nSPS) is 15.4. The molecule has 3 rings (SSSR count). The van der Waals surface area contributed by atoms with Crippen molar-refractivity contribution in [2.45, 2.75) is 13.0 Å². The van der Waals surface area contributed by atoms with E-state index in [1.807, 2.05) is 18.2 Å². The number of anilines is 1. The van der Waals surface area contributed by atoms with Crippen molar-refractivity contribution in [3.63, 3.8) is 0 Å². The second kappa shape index (κ2) is 7.91. The Morgan fingerprint density at radius 2 is 1.58 bits per heavy atom. The number of esters is 1. The summed E-state index contributed by atoms with van der Waals surface area (Å²) in [4.78, 5) is 28.6. The average molecular weight is 354 g/mol. The summed E-state index contributed by atoms with van der Waals surface area (Å²) in [5.74, 6) is -0.694. The number of carbonyl (C=O) groups is 2. The van der Waals surface area contributed by atoms with Crippen LogP contribution in [-0.4, -0.2) is 54.2 Å². The summed E-state index contributed by atoms with van der Waals surface area (Å²) in [6.07, 6.45) is -0.848. The van der Waals surface area contributed by atoms with Gasteiger partial charge in [0.25, 0.3) is 5.91 Å². The largest absolute Gasteiger partial charge is 0.508 e. The fraction of sp³-hybridized carbons (Fsp3) is 0.300. The molecule has 1 amide bonds. The highest BCUT2D eigenvalue weighted by Crippen LogP contribution is 2.17. The van der Waals surface area contributed by atoms with Gasteiger partial charge < -0.3 is 19.6 Å². The van der Waals surface area contributed by atoms with Gasteiger partial charge in [-0.15, -0.1) is 0 Å². The fourth-order valence-electron chi connectivity index (χ4n) is 2.96. The van der Waals surface area contributed by atoms with Crippen LogP contribution < -0.4 is 4.90 Å². The Morgan fingerprint density at radius 3 is 2.19 bits per heavy atom. The zero-order valence-corrected chi connectivity index (χ0v) is 14.7. The van der Waals surface area contributed by atoms with Crippen molar-refractivity contribution < 1.29 is 19.4 Å². The van der Waals surface area contributed by atoms with Crippen molar-refractivity contribution in [2.75, 3.05) is 31.1 Å². The molecule has 2 aromatic rings. The van der Waals surface area contributed by atoms with Gasteiger partial charge in [0, 0.05) is 31.9 Å². The number of phenolic OH excluding ortho intramolecular Hbond substituents is 1. The number of rotatable bonds is 4. The number of amides is 1. The Hall–Kier alpha value is -3.02. The van der Waals surface area contributed by atoms with Crippen LogP contribution in [0, 0.1) is 0 Å². The summed E-state index contributed by atoms with van der Waals surface area (Å²) in [6, 6.07) is 15.8. The van der Waals surface area contributed by atoms with E-state index in [9.17, 15) is 14.7 Å². The number of hydrogen-bond acceptors (Lipinski definition) is 5. The molecular formula is C20H22N2O4. The number of piperazine rings is 1. The van der Waals surface area contributed by atoms with E-state index in [0.717, 1.165) is 18.8 Å². The third-order valence-corrected chi connectivity index (χ3v) is 4.45. The second-order valence-electron chi connectivity index (χ2n) is 6.24. The number of phenols is 1. The number of benzene rings is 2. The van der Waals surface area contributed by atoms with E-state index in [4.69, 9.17) is 4.74 Å². The lowest BCUT2D eigenvalue weighted by atomic mass is 10.2. The predicted molar refractivity (Wildman–Crippen MR) is 98.2 cm³/mol. The Balaban J connectivity index is 1.53. The molecule has 0 spiro atoms. The number of ether oxygens (including phenoxy) is 1. The lowest BCUT2D eigenvalue weighted by molar-refractivity contribution is -0.140. The Kier molecular flexibility index (Phi) is 5.41. The molecule has 1 aliphatic rings. The first-order valence-electron chi connectivity index (χ1n) is 8.63. The van der Waals surface area contributed by atoms with Gasteiger partial charge in [0.15, 0.2) is 6.10 Å². The summed E-state index contributed by atoms with van der Waals surface area (Å²) >= 11 is 0. The number of aromatic hydroxyl groups is 1. The van der Waals surface area contributed by atoms with Gasteiger partial charge in [-0.25, -0.2) is 4.79 Å². The molecule has 1 heterocycles. The molecule has 0 saturated carbocycles. The fourth-order valence-corrected chi connectivity index (χ4v) is 2.96. The van der Waals surface area contributed by atoms with Crippen molar-refractivity contribution in [1.29, 1.82) is 0 Å². The van der Waals surface area contributed by atoms with Crippen molar-refractivity contribution in [1.82, 2.24) is 4.90 Å². The van der Waals surface area contributed by atoms with E-state index in [-0.39, 0.29) is 11.7 Å². The van der Waals surface area contributed by atoms with E-state index in [1.165, 1.54) is 24.3 Å². The quantitative estimate of drug-likeness (QED) is 0.853. The van der Waals surface area contributed by atoms with Gasteiger partial charge in [-0.3, -0.25) is 4.79 Å². The molecule has 0 aliphatic carbocycles. The second-order valence-corrected chi connectivity index (χ2v) is 6.24. The third-order valence-electron chi connectivity index (χ3n) is 4.45. The van der Waals surface area contributed by atoms with Gasteiger partial charge in [0.1, 0.15) is 5.75 Å². The standard InChI is InChI=1S/C20H22N2O4/c1-15(26-20(25)16-7-9-18(23)10-8-16)19(24)22-13-11-21(12-14-22)17-5-3-2-4-6-17/h2-10,15,23H,11-14H2,1H3. The first-order valence-corrected chi connectivity index (χ1v) is 8.63. The van der Waals surface area contributed by atoms with Crippen LogP contribution in [0.2, 0.25) is 0 Å². The van der Waals surface area contributed by atoms with Crippen LogP contribution in [0.25, 0.3) is 0 Å². The lowest BCUT2D eigenvalue weighted by Gasteiger charge is -2.37. The number of hydrogen-bond donors (Lipinski definition) is 1. The van der Waals surface area contributed by atoms with Gasteiger partial charge in [-0.1, -0.05) is 18.2 Å². The zero-order chi connectivity index (χ0) is 18.5. The van der Waals surface area contributed by atoms with Gasteiger partial charge in [-0.2, -0.15) is 0 Å². The minimum Gasteiger partial charge on any atom is -0.508 e. The van der Waals surface area contributed by atoms with Crippen molar-refractivity contribution in [2.24, 2.45) is 0 Å². The van der Waals surface area contributed by atoms with Crippen LogP contribution in [0.5, 0.6) is 5.75 Å². The highest BCUT2D eigenvalue weighted by Gasteiger charge is 2.27. The van der Waals surface area contributed by atoms with E-state index in [1.54, 1.807) is 11.8 Å². The topological polar surface area (TPSA) is 70.1 Å². The predicted octanol–water partition coefficient (Wildman–Crippen LogP) is 2.29. The SMILES string of the molecule is CC(OC(=O)c1ccc(O)cc1)C(=O)N1CCN(c2ccccc2)CC1. The van der Waals surface area contributed by atoms with E-state index in [0.29, 0.717) is 18.7 Å². The van der Waals surface area contributed by atoms with Crippen LogP contribution in [0.15, 0.2) is 54.6 Å². The monoisotopic (exact) mass is 354 g/mol. The Bertz CT molecular complexity index is 753. The Labute approximate surface area is 152 Å². The van der Waals surface area contributed by atoms with Crippen molar-refractivity contribution in [3.05, 3.63) is 60.2 Å². The summed E-state index contributed by atoms with van der Waals surface area (Å²) in [7, 11) is 0. The van der Waals surface area contributed by atoms with Crippen molar-refractivity contribution >= 4 is 17.6 Å². The molecule has 26 heavy (non-hydrogen) atoms. The van der Waals surface area contributed by atoms with Gasteiger partial charge >= 0.3 is 5.97 Å². The maximum absolute atomic E-state index is 12.6. The summed E-state index contributed by atoms with van der Waals surface area (Å²) in [5.41, 5.74) is 1.45. The van der Waals surface area contributed by atoms with Crippen LogP contribution in [0.1, 0.15) is 17.3 Å².